The Bertz CT molecular complexity index is 473. The van der Waals surface area contributed by atoms with Gasteiger partial charge in [0.2, 0.25) is 0 Å². The van der Waals surface area contributed by atoms with E-state index in [0.29, 0.717) is 11.7 Å². The average molecular weight is 314 g/mol. The number of aromatic nitrogens is 1. The fourth-order valence-electron chi connectivity index (χ4n) is 2.40. The molecule has 112 valence electrons. The van der Waals surface area contributed by atoms with Crippen molar-refractivity contribution in [2.75, 3.05) is 11.6 Å². The number of carboxylic acid groups (broad SMARTS) is 1. The third kappa shape index (κ3) is 3.47. The molecule has 2 unspecified atom stereocenters. The number of hydrogen-bond donors (Lipinski definition) is 2. The first-order valence-electron chi connectivity index (χ1n) is 6.92. The Labute approximate surface area is 128 Å². The van der Waals surface area contributed by atoms with E-state index in [1.54, 1.807) is 13.8 Å². The summed E-state index contributed by atoms with van der Waals surface area (Å²) in [5.74, 6) is -0.838. The summed E-state index contributed by atoms with van der Waals surface area (Å²) >= 11 is 3.44. The van der Waals surface area contributed by atoms with Crippen molar-refractivity contribution in [3.63, 3.8) is 0 Å². The number of rotatable bonds is 5. The standard InChI is InChI=1S/C14H22N2O2S2/c1-14(2,12(17)18)11-8-20-13(16-11)15-9-5-4-6-10(7-9)19-3/h8-10H,4-7H2,1-3H3,(H,15,16)(H,17,18). The Morgan fingerprint density at radius 2 is 2.30 bits per heavy atom. The van der Waals surface area contributed by atoms with Gasteiger partial charge < -0.3 is 10.4 Å². The molecule has 6 heteroatoms. The van der Waals surface area contributed by atoms with E-state index in [0.717, 1.165) is 10.4 Å². The van der Waals surface area contributed by atoms with Crippen molar-refractivity contribution in [2.45, 2.75) is 56.2 Å². The zero-order valence-electron chi connectivity index (χ0n) is 12.2. The Balaban J connectivity index is 2.01. The molecule has 1 fully saturated rings. The van der Waals surface area contributed by atoms with E-state index in [1.165, 1.54) is 37.0 Å². The highest BCUT2D eigenvalue weighted by atomic mass is 32.2. The highest BCUT2D eigenvalue weighted by Crippen LogP contribution is 2.31. The van der Waals surface area contributed by atoms with Crippen molar-refractivity contribution < 1.29 is 9.90 Å². The summed E-state index contributed by atoms with van der Waals surface area (Å²) in [5, 5.41) is 16.1. The molecule has 4 nitrogen and oxygen atoms in total. The maximum absolute atomic E-state index is 11.2. The lowest BCUT2D eigenvalue weighted by Gasteiger charge is -2.28. The fourth-order valence-corrected chi connectivity index (χ4v) is 4.18. The van der Waals surface area contributed by atoms with Gasteiger partial charge in [-0.1, -0.05) is 6.42 Å². The van der Waals surface area contributed by atoms with E-state index >= 15 is 0 Å². The van der Waals surface area contributed by atoms with Crippen molar-refractivity contribution in [1.82, 2.24) is 4.98 Å². The highest BCUT2D eigenvalue weighted by molar-refractivity contribution is 7.99. The molecule has 0 saturated heterocycles. The number of hydrogen-bond acceptors (Lipinski definition) is 5. The van der Waals surface area contributed by atoms with Crippen LogP contribution in [0.1, 0.15) is 45.2 Å². The molecule has 2 atom stereocenters. The fraction of sp³-hybridized carbons (Fsp3) is 0.714. The molecule has 0 radical (unpaired) electrons. The maximum Gasteiger partial charge on any atom is 0.315 e. The number of nitrogens with zero attached hydrogens (tertiary/aromatic N) is 1. The van der Waals surface area contributed by atoms with Gasteiger partial charge in [0, 0.05) is 16.7 Å². The molecule has 2 N–H and O–H groups in total. The third-order valence-corrected chi connectivity index (χ3v) is 5.83. The number of nitrogens with one attached hydrogen (secondary N) is 1. The van der Waals surface area contributed by atoms with Crippen molar-refractivity contribution in [3.05, 3.63) is 11.1 Å². The summed E-state index contributed by atoms with van der Waals surface area (Å²) in [5.41, 5.74) is -0.292. The zero-order chi connectivity index (χ0) is 14.8. The van der Waals surface area contributed by atoms with Gasteiger partial charge in [-0.25, -0.2) is 4.98 Å². The minimum absolute atomic E-state index is 0.466. The Morgan fingerprint density at radius 1 is 1.55 bits per heavy atom. The van der Waals surface area contributed by atoms with Crippen LogP contribution < -0.4 is 5.32 Å². The summed E-state index contributed by atoms with van der Waals surface area (Å²) in [6.07, 6.45) is 7.06. The molecule has 1 saturated carbocycles. The van der Waals surface area contributed by atoms with Gasteiger partial charge >= 0.3 is 5.97 Å². The quantitative estimate of drug-likeness (QED) is 0.869. The molecule has 1 aromatic rings. The van der Waals surface area contributed by atoms with Crippen LogP contribution in [0.15, 0.2) is 5.38 Å². The van der Waals surface area contributed by atoms with Gasteiger partial charge in [0.05, 0.1) is 5.69 Å². The summed E-state index contributed by atoms with van der Waals surface area (Å²) in [6.45, 7) is 3.39. The van der Waals surface area contributed by atoms with Crippen molar-refractivity contribution in [1.29, 1.82) is 0 Å². The lowest BCUT2D eigenvalue weighted by atomic mass is 9.90. The van der Waals surface area contributed by atoms with Gasteiger partial charge in [-0.2, -0.15) is 11.8 Å². The number of thioether (sulfide) groups is 1. The first-order valence-corrected chi connectivity index (χ1v) is 9.09. The second-order valence-electron chi connectivity index (χ2n) is 5.83. The molecule has 2 rings (SSSR count). The molecule has 0 aromatic carbocycles. The molecule has 1 aromatic heterocycles. The number of aliphatic carboxylic acids is 1. The molecule has 0 aliphatic heterocycles. The summed E-state index contributed by atoms with van der Waals surface area (Å²) < 4.78 is 0. The maximum atomic E-state index is 11.2. The van der Waals surface area contributed by atoms with Crippen LogP contribution in [-0.2, 0) is 10.2 Å². The minimum atomic E-state index is -0.926. The van der Waals surface area contributed by atoms with E-state index in [1.807, 2.05) is 17.1 Å². The number of carbonyl (C=O) groups is 1. The van der Waals surface area contributed by atoms with E-state index in [-0.39, 0.29) is 0 Å². The molecule has 1 aliphatic rings. The van der Waals surface area contributed by atoms with E-state index in [2.05, 4.69) is 16.6 Å². The summed E-state index contributed by atoms with van der Waals surface area (Å²) in [4.78, 5) is 15.7. The van der Waals surface area contributed by atoms with Gasteiger partial charge in [-0.3, -0.25) is 4.79 Å². The van der Waals surface area contributed by atoms with Gasteiger partial charge in [0.25, 0.3) is 0 Å². The van der Waals surface area contributed by atoms with Crippen LogP contribution in [0.5, 0.6) is 0 Å². The Morgan fingerprint density at radius 3 is 2.95 bits per heavy atom. The van der Waals surface area contributed by atoms with Gasteiger partial charge in [0.1, 0.15) is 5.41 Å². The third-order valence-electron chi connectivity index (χ3n) is 3.97. The van der Waals surface area contributed by atoms with Crippen LogP contribution in [0.4, 0.5) is 5.13 Å². The van der Waals surface area contributed by atoms with Gasteiger partial charge in [-0.15, -0.1) is 11.3 Å². The van der Waals surface area contributed by atoms with Gasteiger partial charge in [-0.05, 0) is 39.4 Å². The SMILES string of the molecule is CSC1CCCC(Nc2nc(C(C)(C)C(=O)O)cs2)C1. The number of carboxylic acids is 1. The van der Waals surface area contributed by atoms with Crippen molar-refractivity contribution in [2.24, 2.45) is 0 Å². The predicted octanol–water partition coefficient (Wildman–Crippen LogP) is 3.59. The molecule has 0 amide bonds. The first kappa shape index (κ1) is 15.6. The smallest absolute Gasteiger partial charge is 0.315 e. The molecule has 0 spiro atoms. The molecule has 0 bridgehead atoms. The van der Waals surface area contributed by atoms with E-state index < -0.39 is 11.4 Å². The van der Waals surface area contributed by atoms with E-state index in [9.17, 15) is 9.90 Å². The van der Waals surface area contributed by atoms with Crippen LogP contribution in [-0.4, -0.2) is 33.6 Å². The highest BCUT2D eigenvalue weighted by Gasteiger charge is 2.32. The lowest BCUT2D eigenvalue weighted by Crippen LogP contribution is -2.30. The second-order valence-corrected chi connectivity index (χ2v) is 7.83. The lowest BCUT2D eigenvalue weighted by molar-refractivity contribution is -0.142. The monoisotopic (exact) mass is 314 g/mol. The second kappa shape index (κ2) is 6.35. The summed E-state index contributed by atoms with van der Waals surface area (Å²) in [6, 6.07) is 0.466. The number of thiazole rings is 1. The Kier molecular flexibility index (Phi) is 4.96. The Hall–Kier alpha value is -0.750. The topological polar surface area (TPSA) is 62.2 Å². The summed E-state index contributed by atoms with van der Waals surface area (Å²) in [7, 11) is 0. The predicted molar refractivity (Wildman–Crippen MR) is 86.0 cm³/mol. The molecule has 1 heterocycles. The van der Waals surface area contributed by atoms with Crippen LogP contribution in [0.25, 0.3) is 0 Å². The van der Waals surface area contributed by atoms with Crippen LogP contribution >= 0.6 is 23.1 Å². The van der Waals surface area contributed by atoms with Gasteiger partial charge in [0.15, 0.2) is 5.13 Å². The molecular weight excluding hydrogens is 292 g/mol. The number of anilines is 1. The zero-order valence-corrected chi connectivity index (χ0v) is 13.8. The van der Waals surface area contributed by atoms with Crippen molar-refractivity contribution >= 4 is 34.2 Å². The van der Waals surface area contributed by atoms with Crippen molar-refractivity contribution in [3.8, 4) is 0 Å². The average Bonchev–Trinajstić information content (AvgIpc) is 2.88. The van der Waals surface area contributed by atoms with Crippen LogP contribution in [0.3, 0.4) is 0 Å². The van der Waals surface area contributed by atoms with Crippen LogP contribution in [0, 0.1) is 0 Å². The van der Waals surface area contributed by atoms with E-state index in [4.69, 9.17) is 0 Å². The van der Waals surface area contributed by atoms with Crippen LogP contribution in [0.2, 0.25) is 0 Å². The molecule has 20 heavy (non-hydrogen) atoms. The first-order chi connectivity index (χ1) is 9.43. The largest absolute Gasteiger partial charge is 0.481 e. The normalized spacial score (nSPS) is 23.6. The molecule has 1 aliphatic carbocycles. The minimum Gasteiger partial charge on any atom is -0.481 e. The molecular formula is C14H22N2O2S2.